The third-order valence-corrected chi connectivity index (χ3v) is 4.95. The van der Waals surface area contributed by atoms with Crippen LogP contribution in [0.2, 0.25) is 0 Å². The maximum absolute atomic E-state index is 10.00. The number of hydrogen-bond donors (Lipinski definition) is 3. The quantitative estimate of drug-likeness (QED) is 0.730. The zero-order valence-corrected chi connectivity index (χ0v) is 14.4. The van der Waals surface area contributed by atoms with Crippen molar-refractivity contribution in [2.45, 2.75) is 45.4 Å². The first-order valence-electron chi connectivity index (χ1n) is 7.29. The van der Waals surface area contributed by atoms with Gasteiger partial charge in [0.1, 0.15) is 18.5 Å². The lowest BCUT2D eigenvalue weighted by Crippen LogP contribution is -2.61. The zero-order chi connectivity index (χ0) is 15.6. The van der Waals surface area contributed by atoms with E-state index in [1.54, 1.807) is 0 Å². The number of nitrogens with one attached hydrogen (secondary N) is 1. The molecule has 0 amide bonds. The van der Waals surface area contributed by atoms with Gasteiger partial charge >= 0.3 is 0 Å². The Labute approximate surface area is 134 Å². The van der Waals surface area contributed by atoms with Crippen molar-refractivity contribution in [1.82, 2.24) is 5.32 Å². The number of aliphatic hydroxyl groups is 2. The van der Waals surface area contributed by atoms with Gasteiger partial charge < -0.3 is 20.3 Å². The predicted molar refractivity (Wildman–Crippen MR) is 86.6 cm³/mol. The summed E-state index contributed by atoms with van der Waals surface area (Å²) in [6.45, 7) is 6.78. The monoisotopic (exact) mass is 357 g/mol. The van der Waals surface area contributed by atoms with E-state index in [9.17, 15) is 10.2 Å². The van der Waals surface area contributed by atoms with E-state index in [1.807, 2.05) is 39.0 Å². The largest absolute Gasteiger partial charge is 0.490 e. The van der Waals surface area contributed by atoms with Gasteiger partial charge in [0.25, 0.3) is 0 Å². The van der Waals surface area contributed by atoms with Crippen molar-refractivity contribution in [1.29, 1.82) is 0 Å². The number of halogens is 1. The Kier molecular flexibility index (Phi) is 5.30. The average molecular weight is 358 g/mol. The standard InChI is InChI=1S/C16H24BrNO3/c1-10-4-5-13(12(17)6-10)21-9-11(19)8-18-14-7-15(20)16(14,2)3/h4-6,11,14-15,18-20H,7-9H2,1-3H3. The Morgan fingerprint density at radius 1 is 1.48 bits per heavy atom. The summed E-state index contributed by atoms with van der Waals surface area (Å²) >= 11 is 3.45. The molecular formula is C16H24BrNO3. The van der Waals surface area contributed by atoms with Crippen LogP contribution in [0.25, 0.3) is 0 Å². The van der Waals surface area contributed by atoms with Crippen LogP contribution in [0.4, 0.5) is 0 Å². The third kappa shape index (κ3) is 3.97. The first-order chi connectivity index (χ1) is 9.80. The molecule has 1 saturated carbocycles. The molecule has 0 aliphatic heterocycles. The number of aliphatic hydroxyl groups excluding tert-OH is 2. The van der Waals surface area contributed by atoms with Gasteiger partial charge in [-0.15, -0.1) is 0 Å². The van der Waals surface area contributed by atoms with E-state index in [2.05, 4.69) is 21.2 Å². The van der Waals surface area contributed by atoms with Gasteiger partial charge in [-0.25, -0.2) is 0 Å². The fourth-order valence-corrected chi connectivity index (χ4v) is 3.10. The number of benzene rings is 1. The van der Waals surface area contributed by atoms with E-state index in [-0.39, 0.29) is 24.2 Å². The van der Waals surface area contributed by atoms with Crippen LogP contribution >= 0.6 is 15.9 Å². The molecule has 1 aliphatic carbocycles. The first kappa shape index (κ1) is 16.7. The minimum Gasteiger partial charge on any atom is -0.490 e. The maximum atomic E-state index is 10.00. The van der Waals surface area contributed by atoms with E-state index in [0.29, 0.717) is 6.54 Å². The van der Waals surface area contributed by atoms with E-state index in [4.69, 9.17) is 4.74 Å². The second-order valence-corrected chi connectivity index (χ2v) is 7.29. The van der Waals surface area contributed by atoms with Gasteiger partial charge in [0.05, 0.1) is 10.6 Å². The highest BCUT2D eigenvalue weighted by atomic mass is 79.9. The Morgan fingerprint density at radius 2 is 2.19 bits per heavy atom. The van der Waals surface area contributed by atoms with Crippen LogP contribution in [0.3, 0.4) is 0 Å². The number of aryl methyl sites for hydroxylation is 1. The Balaban J connectivity index is 1.74. The average Bonchev–Trinajstić information content (AvgIpc) is 2.42. The van der Waals surface area contributed by atoms with Crippen LogP contribution in [0.15, 0.2) is 22.7 Å². The fourth-order valence-electron chi connectivity index (χ4n) is 2.49. The molecule has 118 valence electrons. The third-order valence-electron chi connectivity index (χ3n) is 4.33. The molecule has 21 heavy (non-hydrogen) atoms. The highest BCUT2D eigenvalue weighted by Crippen LogP contribution is 2.40. The van der Waals surface area contributed by atoms with Crippen LogP contribution in [0.1, 0.15) is 25.8 Å². The van der Waals surface area contributed by atoms with Gasteiger partial charge in [-0.05, 0) is 47.0 Å². The summed E-state index contributed by atoms with van der Waals surface area (Å²) in [7, 11) is 0. The van der Waals surface area contributed by atoms with Crippen molar-refractivity contribution < 1.29 is 14.9 Å². The molecule has 5 heteroatoms. The van der Waals surface area contributed by atoms with E-state index in [0.717, 1.165) is 22.2 Å². The second-order valence-electron chi connectivity index (χ2n) is 6.43. The Bertz CT molecular complexity index is 492. The predicted octanol–water partition coefficient (Wildman–Crippen LogP) is 2.25. The number of ether oxygens (including phenoxy) is 1. The molecule has 2 rings (SSSR count). The molecule has 0 radical (unpaired) electrons. The van der Waals surface area contributed by atoms with Crippen molar-refractivity contribution in [2.24, 2.45) is 5.41 Å². The van der Waals surface area contributed by atoms with Crippen LogP contribution in [-0.2, 0) is 0 Å². The summed E-state index contributed by atoms with van der Waals surface area (Å²) in [6.07, 6.45) is -0.0944. The summed E-state index contributed by atoms with van der Waals surface area (Å²) in [4.78, 5) is 0. The molecule has 0 spiro atoms. The van der Waals surface area contributed by atoms with E-state index < -0.39 is 6.10 Å². The summed E-state index contributed by atoms with van der Waals surface area (Å²) in [5, 5.41) is 23.0. The van der Waals surface area contributed by atoms with Crippen molar-refractivity contribution in [3.63, 3.8) is 0 Å². The van der Waals surface area contributed by atoms with Gasteiger partial charge in [-0.2, -0.15) is 0 Å². The molecular weight excluding hydrogens is 334 g/mol. The second kappa shape index (κ2) is 6.65. The summed E-state index contributed by atoms with van der Waals surface area (Å²) in [6, 6.07) is 6.10. The van der Waals surface area contributed by atoms with Crippen LogP contribution in [0, 0.1) is 12.3 Å². The molecule has 4 nitrogen and oxygen atoms in total. The summed E-state index contributed by atoms with van der Waals surface area (Å²) < 4.78 is 6.52. The Morgan fingerprint density at radius 3 is 2.76 bits per heavy atom. The van der Waals surface area contributed by atoms with Crippen LogP contribution in [-0.4, -0.2) is 41.6 Å². The maximum Gasteiger partial charge on any atom is 0.133 e. The van der Waals surface area contributed by atoms with E-state index in [1.165, 1.54) is 0 Å². The van der Waals surface area contributed by atoms with Gasteiger partial charge in [-0.3, -0.25) is 0 Å². The number of rotatable bonds is 6. The highest BCUT2D eigenvalue weighted by molar-refractivity contribution is 9.10. The van der Waals surface area contributed by atoms with Crippen molar-refractivity contribution >= 4 is 15.9 Å². The minimum absolute atomic E-state index is 0.124. The topological polar surface area (TPSA) is 61.7 Å². The molecule has 1 aromatic rings. The lowest BCUT2D eigenvalue weighted by molar-refractivity contribution is -0.0755. The molecule has 1 fully saturated rings. The van der Waals surface area contributed by atoms with Gasteiger partial charge in [0.2, 0.25) is 0 Å². The van der Waals surface area contributed by atoms with Crippen LogP contribution in [0.5, 0.6) is 5.75 Å². The lowest BCUT2D eigenvalue weighted by Gasteiger charge is -2.49. The first-order valence-corrected chi connectivity index (χ1v) is 8.08. The van der Waals surface area contributed by atoms with Crippen molar-refractivity contribution in [2.75, 3.05) is 13.2 Å². The smallest absolute Gasteiger partial charge is 0.133 e. The molecule has 3 N–H and O–H groups in total. The minimum atomic E-state index is -0.577. The van der Waals surface area contributed by atoms with Gasteiger partial charge in [0.15, 0.2) is 0 Å². The van der Waals surface area contributed by atoms with Gasteiger partial charge in [-0.1, -0.05) is 19.9 Å². The van der Waals surface area contributed by atoms with E-state index >= 15 is 0 Å². The molecule has 0 saturated heterocycles. The van der Waals surface area contributed by atoms with Gasteiger partial charge in [0, 0.05) is 18.0 Å². The normalized spacial score (nSPS) is 25.2. The molecule has 0 aromatic heterocycles. The molecule has 1 aliphatic rings. The lowest BCUT2D eigenvalue weighted by atomic mass is 9.64. The van der Waals surface area contributed by atoms with Crippen molar-refractivity contribution in [3.8, 4) is 5.75 Å². The fraction of sp³-hybridized carbons (Fsp3) is 0.625. The summed E-state index contributed by atoms with van der Waals surface area (Å²) in [5.74, 6) is 0.735. The van der Waals surface area contributed by atoms with Crippen LogP contribution < -0.4 is 10.1 Å². The molecule has 1 aromatic carbocycles. The number of hydrogen-bond acceptors (Lipinski definition) is 4. The molecule has 3 atom stereocenters. The molecule has 0 heterocycles. The SMILES string of the molecule is Cc1ccc(OCC(O)CNC2CC(O)C2(C)C)c(Br)c1. The summed E-state index contributed by atoms with van der Waals surface area (Å²) in [5.41, 5.74) is 1.03. The Hall–Kier alpha value is -0.620. The molecule has 0 bridgehead atoms. The van der Waals surface area contributed by atoms with Crippen molar-refractivity contribution in [3.05, 3.63) is 28.2 Å². The zero-order valence-electron chi connectivity index (χ0n) is 12.8. The molecule has 3 unspecified atom stereocenters. The highest BCUT2D eigenvalue weighted by Gasteiger charge is 2.46.